The minimum Gasteiger partial charge on any atom is -0.245 e. The molecular formula is C15H14N2S2Zn. The molecule has 0 bridgehead atoms. The van der Waals surface area contributed by atoms with E-state index < -0.39 is 0 Å². The summed E-state index contributed by atoms with van der Waals surface area (Å²) >= 11 is 3.35. The van der Waals surface area contributed by atoms with Gasteiger partial charge in [0.25, 0.3) is 0 Å². The number of hydrogen-bond acceptors (Lipinski definition) is 4. The summed E-state index contributed by atoms with van der Waals surface area (Å²) in [6, 6.07) is 16.3. The van der Waals surface area contributed by atoms with Crippen LogP contribution in [0.1, 0.15) is 7.43 Å². The number of para-hydroxylation sites is 2. The van der Waals surface area contributed by atoms with Crippen molar-refractivity contribution in [2.24, 2.45) is 0 Å². The zero-order chi connectivity index (χ0) is 12.2. The second kappa shape index (κ2) is 8.20. The van der Waals surface area contributed by atoms with E-state index in [2.05, 4.69) is 22.1 Å². The summed E-state index contributed by atoms with van der Waals surface area (Å²) in [6.45, 7) is 0. The molecule has 2 aromatic heterocycles. The number of nitrogens with zero attached hydrogens (tertiary/aromatic N) is 2. The Labute approximate surface area is 139 Å². The fourth-order valence-corrected chi connectivity index (χ4v) is 2.96. The summed E-state index contributed by atoms with van der Waals surface area (Å²) in [5.74, 6) is 0. The third kappa shape index (κ3) is 3.92. The Hall–Kier alpha value is -1.16. The molecule has 4 rings (SSSR count). The average molecular weight is 352 g/mol. The topological polar surface area (TPSA) is 25.8 Å². The average Bonchev–Trinajstić information content (AvgIpc) is 3.08. The van der Waals surface area contributed by atoms with Gasteiger partial charge in [0.15, 0.2) is 0 Å². The van der Waals surface area contributed by atoms with Gasteiger partial charge in [-0.25, -0.2) is 9.97 Å². The summed E-state index contributed by atoms with van der Waals surface area (Å²) in [6.07, 6.45) is 0. The Bertz CT molecular complexity index is 638. The van der Waals surface area contributed by atoms with Crippen LogP contribution in [0.25, 0.3) is 20.4 Å². The molecule has 0 N–H and O–H groups in total. The Morgan fingerprint density at radius 1 is 0.650 bits per heavy atom. The molecule has 0 atom stereocenters. The number of benzene rings is 2. The van der Waals surface area contributed by atoms with Crippen molar-refractivity contribution >= 4 is 43.1 Å². The van der Waals surface area contributed by atoms with Crippen LogP contribution >= 0.6 is 22.7 Å². The number of fused-ring (bicyclic) bond motifs is 2. The first-order chi connectivity index (χ1) is 8.93. The van der Waals surface area contributed by atoms with Crippen LogP contribution < -0.4 is 0 Å². The van der Waals surface area contributed by atoms with Gasteiger partial charge in [-0.05, 0) is 24.3 Å². The molecular weight excluding hydrogens is 338 g/mol. The second-order valence-corrected chi connectivity index (χ2v) is 5.41. The molecule has 0 saturated carbocycles. The number of thiazole rings is 2. The Morgan fingerprint density at radius 3 is 1.45 bits per heavy atom. The fraction of sp³-hybridized carbons (Fsp3) is 0.0667. The molecule has 0 aliphatic rings. The number of aromatic nitrogens is 2. The molecule has 0 aliphatic heterocycles. The monoisotopic (exact) mass is 350 g/mol. The quantitative estimate of drug-likeness (QED) is 0.405. The summed E-state index contributed by atoms with van der Waals surface area (Å²) in [5.41, 5.74) is 5.93. The maximum atomic E-state index is 4.14. The summed E-state index contributed by atoms with van der Waals surface area (Å²) < 4.78 is 2.52. The molecule has 98 valence electrons. The van der Waals surface area contributed by atoms with Crippen LogP contribution in [0.5, 0.6) is 0 Å². The van der Waals surface area contributed by atoms with E-state index >= 15 is 0 Å². The molecule has 5 heteroatoms. The van der Waals surface area contributed by atoms with Gasteiger partial charge in [-0.15, -0.1) is 22.7 Å². The van der Waals surface area contributed by atoms with Crippen molar-refractivity contribution in [2.75, 3.05) is 0 Å². The van der Waals surface area contributed by atoms with E-state index in [4.69, 9.17) is 0 Å². The van der Waals surface area contributed by atoms with E-state index in [1.54, 1.807) is 22.7 Å². The van der Waals surface area contributed by atoms with Crippen molar-refractivity contribution in [1.82, 2.24) is 9.97 Å². The number of rotatable bonds is 0. The SMILES string of the molecule is C.[Zn].c1ccc2scnc2c1.c1ccc2scnc2c1. The standard InChI is InChI=1S/2C7H5NS.CH4.Zn/c2*1-2-4-7-6(3-1)8-5-9-7;;/h2*1-5H;1H4;. The molecule has 20 heavy (non-hydrogen) atoms. The van der Waals surface area contributed by atoms with E-state index in [1.165, 1.54) is 9.40 Å². The van der Waals surface area contributed by atoms with Crippen LogP contribution in [0.3, 0.4) is 0 Å². The van der Waals surface area contributed by atoms with E-state index in [0.717, 1.165) is 11.0 Å². The predicted octanol–water partition coefficient (Wildman–Crippen LogP) is 5.23. The second-order valence-electron chi connectivity index (χ2n) is 3.64. The van der Waals surface area contributed by atoms with Crippen LogP contribution in [-0.4, -0.2) is 9.97 Å². The van der Waals surface area contributed by atoms with E-state index in [1.807, 2.05) is 47.4 Å². The molecule has 0 radical (unpaired) electrons. The maximum absolute atomic E-state index is 4.14. The molecule has 0 saturated heterocycles. The first-order valence-electron chi connectivity index (χ1n) is 5.50. The summed E-state index contributed by atoms with van der Waals surface area (Å²) in [7, 11) is 0. The minimum atomic E-state index is 0. The van der Waals surface area contributed by atoms with Crippen molar-refractivity contribution < 1.29 is 19.5 Å². The third-order valence-electron chi connectivity index (χ3n) is 2.47. The summed E-state index contributed by atoms with van der Waals surface area (Å²) in [5, 5.41) is 0. The zero-order valence-corrected chi connectivity index (χ0v) is 14.8. The zero-order valence-electron chi connectivity index (χ0n) is 10.2. The third-order valence-corrected chi connectivity index (χ3v) is 4.09. The van der Waals surface area contributed by atoms with Crippen molar-refractivity contribution in [3.63, 3.8) is 0 Å². The van der Waals surface area contributed by atoms with Crippen LogP contribution in [0.15, 0.2) is 59.6 Å². The van der Waals surface area contributed by atoms with Gasteiger partial charge >= 0.3 is 0 Å². The molecule has 0 spiro atoms. The van der Waals surface area contributed by atoms with Gasteiger partial charge in [0, 0.05) is 19.5 Å². The van der Waals surface area contributed by atoms with Gasteiger partial charge in [-0.3, -0.25) is 0 Å². The summed E-state index contributed by atoms with van der Waals surface area (Å²) in [4.78, 5) is 8.27. The Balaban J connectivity index is 0.000000182. The van der Waals surface area contributed by atoms with Gasteiger partial charge in [-0.2, -0.15) is 0 Å². The molecule has 2 nitrogen and oxygen atoms in total. The van der Waals surface area contributed by atoms with E-state index in [0.29, 0.717) is 0 Å². The fourth-order valence-electron chi connectivity index (χ4n) is 1.61. The van der Waals surface area contributed by atoms with Gasteiger partial charge < -0.3 is 0 Å². The van der Waals surface area contributed by atoms with Gasteiger partial charge in [-0.1, -0.05) is 31.7 Å². The van der Waals surface area contributed by atoms with Crippen LogP contribution in [0, 0.1) is 0 Å². The first kappa shape index (κ1) is 16.9. The predicted molar refractivity (Wildman–Crippen MR) is 86.0 cm³/mol. The minimum absolute atomic E-state index is 0. The van der Waals surface area contributed by atoms with Crippen LogP contribution in [0.4, 0.5) is 0 Å². The van der Waals surface area contributed by atoms with Crippen molar-refractivity contribution in [2.45, 2.75) is 7.43 Å². The van der Waals surface area contributed by atoms with Gasteiger partial charge in [0.1, 0.15) is 0 Å². The van der Waals surface area contributed by atoms with E-state index in [-0.39, 0.29) is 26.9 Å². The van der Waals surface area contributed by atoms with Crippen LogP contribution in [-0.2, 0) is 19.5 Å². The smallest absolute Gasteiger partial charge is 0.0812 e. The molecule has 0 aliphatic carbocycles. The Kier molecular flexibility index (Phi) is 6.93. The molecule has 4 aromatic rings. The van der Waals surface area contributed by atoms with Crippen LogP contribution in [0.2, 0.25) is 0 Å². The first-order valence-corrected chi connectivity index (χ1v) is 7.26. The normalized spacial score (nSPS) is 9.20. The van der Waals surface area contributed by atoms with Crippen molar-refractivity contribution in [1.29, 1.82) is 0 Å². The van der Waals surface area contributed by atoms with Crippen molar-refractivity contribution in [3.05, 3.63) is 59.6 Å². The van der Waals surface area contributed by atoms with E-state index in [9.17, 15) is 0 Å². The maximum Gasteiger partial charge on any atom is 0.0812 e. The Morgan fingerprint density at radius 2 is 1.05 bits per heavy atom. The molecule has 0 unspecified atom stereocenters. The molecule has 0 amide bonds. The largest absolute Gasteiger partial charge is 0.245 e. The van der Waals surface area contributed by atoms with Gasteiger partial charge in [0.2, 0.25) is 0 Å². The van der Waals surface area contributed by atoms with Gasteiger partial charge in [0.05, 0.1) is 31.5 Å². The molecule has 2 aromatic carbocycles. The van der Waals surface area contributed by atoms with Crippen molar-refractivity contribution in [3.8, 4) is 0 Å². The molecule has 2 heterocycles. The number of hydrogen-bond donors (Lipinski definition) is 0. The molecule has 0 fully saturated rings.